The second kappa shape index (κ2) is 5.34. The molecule has 0 aromatic carbocycles. The second-order valence-corrected chi connectivity index (χ2v) is 6.81. The monoisotopic (exact) mass is 316 g/mol. The maximum absolute atomic E-state index is 6.00. The molecule has 2 aromatic rings. The summed E-state index contributed by atoms with van der Waals surface area (Å²) in [4.78, 5) is 8.47. The van der Waals surface area contributed by atoms with Gasteiger partial charge in [-0.25, -0.2) is 4.98 Å². The summed E-state index contributed by atoms with van der Waals surface area (Å²) >= 11 is 5.92. The molecule has 0 atom stereocenters. The summed E-state index contributed by atoms with van der Waals surface area (Å²) in [5.74, 6) is 0. The zero-order valence-electron chi connectivity index (χ0n) is 13.1. The lowest BCUT2D eigenvalue weighted by Crippen LogP contribution is -2.41. The Bertz CT molecular complexity index is 673. The number of rotatable bonds is 2. The van der Waals surface area contributed by atoms with Crippen LogP contribution in [0, 0.1) is 0 Å². The zero-order chi connectivity index (χ0) is 16.0. The molecular formula is C16H18BClN2O2. The number of nitrogens with zero attached hydrogens (tertiary/aromatic N) is 2. The average Bonchev–Trinajstić information content (AvgIpc) is 2.68. The maximum atomic E-state index is 6.00. The average molecular weight is 317 g/mol. The van der Waals surface area contributed by atoms with Crippen LogP contribution in [0.15, 0.2) is 36.7 Å². The van der Waals surface area contributed by atoms with Crippen LogP contribution in [0.4, 0.5) is 0 Å². The topological polar surface area (TPSA) is 44.2 Å². The van der Waals surface area contributed by atoms with Gasteiger partial charge in [0.15, 0.2) is 0 Å². The summed E-state index contributed by atoms with van der Waals surface area (Å²) in [6.45, 7) is 8.11. The third-order valence-corrected chi connectivity index (χ3v) is 4.55. The molecule has 0 aliphatic carbocycles. The van der Waals surface area contributed by atoms with E-state index in [1.54, 1.807) is 12.4 Å². The van der Waals surface area contributed by atoms with Gasteiger partial charge in [0.1, 0.15) is 5.15 Å². The summed E-state index contributed by atoms with van der Waals surface area (Å²) in [5.41, 5.74) is 1.99. The fourth-order valence-electron chi connectivity index (χ4n) is 2.26. The van der Waals surface area contributed by atoms with Crippen molar-refractivity contribution in [2.45, 2.75) is 38.9 Å². The van der Waals surface area contributed by atoms with Crippen molar-refractivity contribution in [3.8, 4) is 11.1 Å². The van der Waals surface area contributed by atoms with E-state index >= 15 is 0 Å². The van der Waals surface area contributed by atoms with Crippen LogP contribution in [0.2, 0.25) is 5.15 Å². The Morgan fingerprint density at radius 1 is 0.955 bits per heavy atom. The number of aromatic nitrogens is 2. The van der Waals surface area contributed by atoms with Crippen LogP contribution in [0.25, 0.3) is 11.1 Å². The van der Waals surface area contributed by atoms with E-state index in [9.17, 15) is 0 Å². The summed E-state index contributed by atoms with van der Waals surface area (Å²) in [6.07, 6.45) is 3.48. The third-order valence-electron chi connectivity index (χ3n) is 4.34. The molecule has 3 rings (SSSR count). The van der Waals surface area contributed by atoms with Crippen LogP contribution >= 0.6 is 11.6 Å². The molecule has 0 amide bonds. The van der Waals surface area contributed by atoms with Crippen LogP contribution in [-0.4, -0.2) is 28.3 Å². The molecule has 22 heavy (non-hydrogen) atoms. The summed E-state index contributed by atoms with van der Waals surface area (Å²) in [5, 5.41) is 0.465. The zero-order valence-corrected chi connectivity index (χ0v) is 13.9. The van der Waals surface area contributed by atoms with Crippen molar-refractivity contribution >= 4 is 24.3 Å². The summed E-state index contributed by atoms with van der Waals surface area (Å²) in [6, 6.07) is 7.62. The minimum absolute atomic E-state index is 0.364. The first kappa shape index (κ1) is 15.5. The van der Waals surface area contributed by atoms with Gasteiger partial charge in [0, 0.05) is 18.0 Å². The van der Waals surface area contributed by atoms with E-state index in [0.717, 1.165) is 16.7 Å². The van der Waals surface area contributed by atoms with Gasteiger partial charge in [0.2, 0.25) is 0 Å². The molecule has 0 radical (unpaired) electrons. The Morgan fingerprint density at radius 3 is 2.18 bits per heavy atom. The fraction of sp³-hybridized carbons (Fsp3) is 0.375. The third kappa shape index (κ3) is 2.76. The van der Waals surface area contributed by atoms with Crippen molar-refractivity contribution in [3.63, 3.8) is 0 Å². The molecule has 114 valence electrons. The summed E-state index contributed by atoms with van der Waals surface area (Å²) in [7, 11) is -0.444. The van der Waals surface area contributed by atoms with Gasteiger partial charge < -0.3 is 9.31 Å². The minimum atomic E-state index is -0.444. The lowest BCUT2D eigenvalue weighted by Gasteiger charge is -2.32. The van der Waals surface area contributed by atoms with Gasteiger partial charge in [-0.2, -0.15) is 0 Å². The Hall–Kier alpha value is -1.43. The van der Waals surface area contributed by atoms with Crippen LogP contribution in [0.1, 0.15) is 27.7 Å². The van der Waals surface area contributed by atoms with Crippen molar-refractivity contribution in [1.29, 1.82) is 0 Å². The molecule has 0 N–H and O–H groups in total. The van der Waals surface area contributed by atoms with Crippen LogP contribution in [-0.2, 0) is 9.31 Å². The molecule has 0 unspecified atom stereocenters. The highest BCUT2D eigenvalue weighted by Gasteiger charge is 2.52. The Balaban J connectivity index is 1.84. The Morgan fingerprint density at radius 2 is 1.64 bits per heavy atom. The van der Waals surface area contributed by atoms with Crippen LogP contribution in [0.5, 0.6) is 0 Å². The fourth-order valence-corrected chi connectivity index (χ4v) is 2.44. The first-order valence-corrected chi connectivity index (χ1v) is 7.60. The van der Waals surface area contributed by atoms with Crippen LogP contribution in [0.3, 0.4) is 0 Å². The highest BCUT2D eigenvalue weighted by molar-refractivity contribution is 6.61. The van der Waals surface area contributed by atoms with Crippen molar-refractivity contribution in [1.82, 2.24) is 9.97 Å². The molecule has 1 aliphatic heterocycles. The SMILES string of the molecule is CC1(C)OB(c2ccc(-c3ccnc(Cl)c3)cn2)OC1(C)C. The van der Waals surface area contributed by atoms with Crippen molar-refractivity contribution in [2.75, 3.05) is 0 Å². The summed E-state index contributed by atoms with van der Waals surface area (Å²) < 4.78 is 12.0. The highest BCUT2D eigenvalue weighted by atomic mass is 35.5. The predicted molar refractivity (Wildman–Crippen MR) is 88.2 cm³/mol. The van der Waals surface area contributed by atoms with E-state index in [-0.39, 0.29) is 11.2 Å². The molecule has 4 nitrogen and oxygen atoms in total. The van der Waals surface area contributed by atoms with Crippen LogP contribution < -0.4 is 5.59 Å². The van der Waals surface area contributed by atoms with Gasteiger partial charge in [-0.3, -0.25) is 4.98 Å². The van der Waals surface area contributed by atoms with Gasteiger partial charge in [0.05, 0.1) is 16.8 Å². The first-order valence-electron chi connectivity index (χ1n) is 7.22. The van der Waals surface area contributed by atoms with Gasteiger partial charge in [-0.05, 0) is 51.5 Å². The van der Waals surface area contributed by atoms with E-state index in [1.165, 1.54) is 0 Å². The van der Waals surface area contributed by atoms with E-state index < -0.39 is 7.12 Å². The van der Waals surface area contributed by atoms with Gasteiger partial charge >= 0.3 is 7.12 Å². The smallest absolute Gasteiger partial charge is 0.398 e. The Kier molecular flexibility index (Phi) is 3.75. The quantitative estimate of drug-likeness (QED) is 0.631. The predicted octanol–water partition coefficient (Wildman–Crippen LogP) is 3.10. The van der Waals surface area contributed by atoms with E-state index in [0.29, 0.717) is 5.15 Å². The molecular weight excluding hydrogens is 298 g/mol. The molecule has 1 aliphatic rings. The van der Waals surface area contributed by atoms with Gasteiger partial charge in [-0.15, -0.1) is 0 Å². The largest absolute Gasteiger partial charge is 0.514 e. The number of hydrogen-bond acceptors (Lipinski definition) is 4. The minimum Gasteiger partial charge on any atom is -0.398 e. The first-order chi connectivity index (χ1) is 10.3. The molecule has 1 fully saturated rings. The van der Waals surface area contributed by atoms with Crippen molar-refractivity contribution in [3.05, 3.63) is 41.8 Å². The molecule has 6 heteroatoms. The molecule has 0 bridgehead atoms. The number of pyridine rings is 2. The highest BCUT2D eigenvalue weighted by Crippen LogP contribution is 2.36. The lowest BCUT2D eigenvalue weighted by atomic mass is 9.84. The maximum Gasteiger partial charge on any atom is 0.514 e. The number of hydrogen-bond donors (Lipinski definition) is 0. The standard InChI is InChI=1S/C16H18BClN2O2/c1-15(2)16(3,4)22-17(21-15)13-6-5-12(10-20-13)11-7-8-19-14(18)9-11/h5-10H,1-4H3. The molecule has 0 spiro atoms. The molecule has 0 saturated carbocycles. The van der Waals surface area contributed by atoms with Crippen molar-refractivity contribution in [2.24, 2.45) is 0 Å². The van der Waals surface area contributed by atoms with Gasteiger partial charge in [0.25, 0.3) is 0 Å². The van der Waals surface area contributed by atoms with E-state index in [1.807, 2.05) is 52.0 Å². The normalized spacial score (nSPS) is 19.4. The Labute approximate surface area is 136 Å². The molecule has 2 aromatic heterocycles. The molecule has 1 saturated heterocycles. The van der Waals surface area contributed by atoms with Gasteiger partial charge in [-0.1, -0.05) is 17.7 Å². The van der Waals surface area contributed by atoms with E-state index in [2.05, 4.69) is 9.97 Å². The van der Waals surface area contributed by atoms with E-state index in [4.69, 9.17) is 20.9 Å². The molecule has 3 heterocycles. The lowest BCUT2D eigenvalue weighted by molar-refractivity contribution is 0.00578. The number of halogens is 1. The second-order valence-electron chi connectivity index (χ2n) is 6.43. The van der Waals surface area contributed by atoms with Crippen molar-refractivity contribution < 1.29 is 9.31 Å².